The van der Waals surface area contributed by atoms with Crippen LogP contribution >= 0.6 is 0 Å². The standard InChI is InChI=1S/C20H21N5O2/c26-16-6-2-1-4-13(16)23-20-24-14-8-7-12(10-17(14)27-20)11-18-22-15-5-3-9-21-19(15)25-18/h3,5,7-10,13,16,26H,1-2,4,6,11H2,(H,23,24)(H,21,22,25). The molecule has 3 heterocycles. The lowest BCUT2D eigenvalue weighted by atomic mass is 9.93. The molecule has 1 aliphatic rings. The number of hydrogen-bond donors (Lipinski definition) is 3. The Bertz CT molecular complexity index is 1050. The van der Waals surface area contributed by atoms with Crippen LogP contribution < -0.4 is 5.32 Å². The number of fused-ring (bicyclic) bond motifs is 2. The molecule has 7 nitrogen and oxygen atoms in total. The first kappa shape index (κ1) is 16.3. The molecular weight excluding hydrogens is 342 g/mol. The summed E-state index contributed by atoms with van der Waals surface area (Å²) >= 11 is 0. The van der Waals surface area contributed by atoms with Crippen LogP contribution in [0.3, 0.4) is 0 Å². The summed E-state index contributed by atoms with van der Waals surface area (Å²) in [5.74, 6) is 0.867. The van der Waals surface area contributed by atoms with Crippen LogP contribution in [0, 0.1) is 0 Å². The molecule has 2 atom stereocenters. The van der Waals surface area contributed by atoms with E-state index in [1.165, 1.54) is 0 Å². The normalized spacial score (nSPS) is 20.3. The first-order valence-electron chi connectivity index (χ1n) is 9.38. The Morgan fingerprint density at radius 2 is 2.11 bits per heavy atom. The van der Waals surface area contributed by atoms with Crippen molar-refractivity contribution < 1.29 is 9.52 Å². The maximum atomic E-state index is 10.1. The van der Waals surface area contributed by atoms with Crippen LogP contribution in [-0.4, -0.2) is 37.2 Å². The Kier molecular flexibility index (Phi) is 4.01. The first-order chi connectivity index (χ1) is 13.2. The summed E-state index contributed by atoms with van der Waals surface area (Å²) in [6, 6.07) is 10.3. The highest BCUT2D eigenvalue weighted by Crippen LogP contribution is 2.25. The summed E-state index contributed by atoms with van der Waals surface area (Å²) in [6.07, 6.45) is 6.02. The van der Waals surface area contributed by atoms with E-state index in [2.05, 4.69) is 25.3 Å². The molecule has 0 amide bonds. The molecule has 7 heteroatoms. The molecule has 3 aromatic heterocycles. The SMILES string of the molecule is OC1CCCCC1Nc1nc2ccc(Cc3nc4ncccc4[nH]3)cc2o1. The van der Waals surface area contributed by atoms with E-state index >= 15 is 0 Å². The highest BCUT2D eigenvalue weighted by atomic mass is 16.4. The van der Waals surface area contributed by atoms with Crippen molar-refractivity contribution >= 4 is 28.3 Å². The van der Waals surface area contributed by atoms with Gasteiger partial charge in [-0.2, -0.15) is 4.98 Å². The molecule has 1 aliphatic carbocycles. The van der Waals surface area contributed by atoms with Crippen molar-refractivity contribution in [3.05, 3.63) is 47.9 Å². The van der Waals surface area contributed by atoms with Gasteiger partial charge in [-0.3, -0.25) is 0 Å². The second-order valence-electron chi connectivity index (χ2n) is 7.16. The molecule has 0 spiro atoms. The number of rotatable bonds is 4. The molecule has 4 aromatic rings. The van der Waals surface area contributed by atoms with Crippen LogP contribution in [-0.2, 0) is 6.42 Å². The van der Waals surface area contributed by atoms with E-state index in [-0.39, 0.29) is 12.1 Å². The summed E-state index contributed by atoms with van der Waals surface area (Å²) in [5.41, 5.74) is 4.28. The molecule has 138 valence electrons. The van der Waals surface area contributed by atoms with Crippen LogP contribution in [0.5, 0.6) is 0 Å². The molecule has 5 rings (SSSR count). The van der Waals surface area contributed by atoms with Gasteiger partial charge < -0.3 is 19.8 Å². The molecule has 3 N–H and O–H groups in total. The van der Waals surface area contributed by atoms with Crippen molar-refractivity contribution in [3.63, 3.8) is 0 Å². The maximum Gasteiger partial charge on any atom is 0.295 e. The Morgan fingerprint density at radius 1 is 1.19 bits per heavy atom. The second kappa shape index (κ2) is 6.66. The number of imidazole rings is 1. The van der Waals surface area contributed by atoms with Gasteiger partial charge in [0.1, 0.15) is 11.3 Å². The molecule has 1 saturated carbocycles. The van der Waals surface area contributed by atoms with Crippen molar-refractivity contribution in [2.75, 3.05) is 5.32 Å². The molecule has 0 bridgehead atoms. The van der Waals surface area contributed by atoms with E-state index < -0.39 is 0 Å². The van der Waals surface area contributed by atoms with E-state index in [9.17, 15) is 5.11 Å². The summed E-state index contributed by atoms with van der Waals surface area (Å²) < 4.78 is 5.88. The lowest BCUT2D eigenvalue weighted by molar-refractivity contribution is 0.115. The number of nitrogens with zero attached hydrogens (tertiary/aromatic N) is 3. The van der Waals surface area contributed by atoms with E-state index in [1.807, 2.05) is 30.3 Å². The molecular formula is C20H21N5O2. The minimum absolute atomic E-state index is 0.00864. The molecule has 1 aromatic carbocycles. The van der Waals surface area contributed by atoms with Gasteiger partial charge in [0.15, 0.2) is 11.2 Å². The number of nitrogens with one attached hydrogen (secondary N) is 2. The monoisotopic (exact) mass is 363 g/mol. The van der Waals surface area contributed by atoms with Crippen molar-refractivity contribution in [2.45, 2.75) is 44.2 Å². The van der Waals surface area contributed by atoms with Crippen molar-refractivity contribution in [3.8, 4) is 0 Å². The number of benzene rings is 1. The van der Waals surface area contributed by atoms with Gasteiger partial charge in [0, 0.05) is 12.6 Å². The van der Waals surface area contributed by atoms with Crippen molar-refractivity contribution in [2.24, 2.45) is 0 Å². The van der Waals surface area contributed by atoms with Crippen LogP contribution in [0.2, 0.25) is 0 Å². The number of aliphatic hydroxyl groups excluding tert-OH is 1. The number of aromatic amines is 1. The predicted molar refractivity (Wildman–Crippen MR) is 103 cm³/mol. The van der Waals surface area contributed by atoms with Gasteiger partial charge in [0.2, 0.25) is 0 Å². The third-order valence-electron chi connectivity index (χ3n) is 5.17. The number of aliphatic hydroxyl groups is 1. The number of H-pyrrole nitrogens is 1. The topological polar surface area (TPSA) is 99.9 Å². The fraction of sp³-hybridized carbons (Fsp3) is 0.350. The summed E-state index contributed by atoms with van der Waals surface area (Å²) in [4.78, 5) is 16.6. The molecule has 0 saturated heterocycles. The zero-order valence-electron chi connectivity index (χ0n) is 14.9. The zero-order chi connectivity index (χ0) is 18.2. The third-order valence-corrected chi connectivity index (χ3v) is 5.17. The smallest absolute Gasteiger partial charge is 0.295 e. The molecule has 1 fully saturated rings. The number of oxazole rings is 1. The lowest BCUT2D eigenvalue weighted by Crippen LogP contribution is -2.36. The van der Waals surface area contributed by atoms with Gasteiger partial charge in [-0.1, -0.05) is 18.9 Å². The summed E-state index contributed by atoms with van der Waals surface area (Å²) in [7, 11) is 0. The van der Waals surface area contributed by atoms with Crippen LogP contribution in [0.15, 0.2) is 40.9 Å². The molecule has 0 aliphatic heterocycles. The minimum Gasteiger partial charge on any atom is -0.424 e. The summed E-state index contributed by atoms with van der Waals surface area (Å²) in [6.45, 7) is 0. The van der Waals surface area contributed by atoms with E-state index in [1.54, 1.807) is 6.20 Å². The van der Waals surface area contributed by atoms with Gasteiger partial charge in [-0.15, -0.1) is 0 Å². The first-order valence-corrected chi connectivity index (χ1v) is 9.38. The highest BCUT2D eigenvalue weighted by molar-refractivity contribution is 5.75. The molecule has 2 unspecified atom stereocenters. The Morgan fingerprint density at radius 3 is 3.00 bits per heavy atom. The number of anilines is 1. The highest BCUT2D eigenvalue weighted by Gasteiger charge is 2.24. The fourth-order valence-electron chi connectivity index (χ4n) is 3.75. The largest absolute Gasteiger partial charge is 0.424 e. The Labute approximate surface area is 155 Å². The number of hydrogen-bond acceptors (Lipinski definition) is 6. The Balaban J connectivity index is 1.36. The second-order valence-corrected chi connectivity index (χ2v) is 7.16. The number of aromatic nitrogens is 4. The van der Waals surface area contributed by atoms with Crippen molar-refractivity contribution in [1.82, 2.24) is 19.9 Å². The maximum absolute atomic E-state index is 10.1. The van der Waals surface area contributed by atoms with Gasteiger partial charge in [-0.05, 0) is 42.7 Å². The quantitative estimate of drug-likeness (QED) is 0.514. The van der Waals surface area contributed by atoms with Crippen LogP contribution in [0.25, 0.3) is 22.3 Å². The molecule has 0 radical (unpaired) electrons. The van der Waals surface area contributed by atoms with E-state index in [4.69, 9.17) is 4.42 Å². The Hall–Kier alpha value is -2.93. The van der Waals surface area contributed by atoms with Gasteiger partial charge in [-0.25, -0.2) is 9.97 Å². The fourth-order valence-corrected chi connectivity index (χ4v) is 3.75. The van der Waals surface area contributed by atoms with Gasteiger partial charge >= 0.3 is 0 Å². The van der Waals surface area contributed by atoms with E-state index in [0.29, 0.717) is 12.4 Å². The zero-order valence-corrected chi connectivity index (χ0v) is 14.9. The average molecular weight is 363 g/mol. The number of pyridine rings is 1. The summed E-state index contributed by atoms with van der Waals surface area (Å²) in [5, 5.41) is 13.4. The van der Waals surface area contributed by atoms with Crippen LogP contribution in [0.1, 0.15) is 37.1 Å². The average Bonchev–Trinajstić information content (AvgIpc) is 3.26. The molecule has 27 heavy (non-hydrogen) atoms. The third kappa shape index (κ3) is 3.26. The lowest BCUT2D eigenvalue weighted by Gasteiger charge is -2.27. The van der Waals surface area contributed by atoms with Crippen LogP contribution in [0.4, 0.5) is 6.01 Å². The minimum atomic E-state index is -0.342. The predicted octanol–water partition coefficient (Wildman–Crippen LogP) is 3.41. The van der Waals surface area contributed by atoms with Crippen molar-refractivity contribution in [1.29, 1.82) is 0 Å². The van der Waals surface area contributed by atoms with Gasteiger partial charge in [0.05, 0.1) is 17.7 Å². The van der Waals surface area contributed by atoms with Gasteiger partial charge in [0.25, 0.3) is 6.01 Å². The van der Waals surface area contributed by atoms with E-state index in [0.717, 1.165) is 59.3 Å².